The number of aliphatic hydroxyl groups excluding tert-OH is 1. The molecule has 19 heavy (non-hydrogen) atoms. The fourth-order valence-corrected chi connectivity index (χ4v) is 2.83. The van der Waals surface area contributed by atoms with Crippen LogP contribution in [0, 0.1) is 0 Å². The minimum atomic E-state index is -0.596. The summed E-state index contributed by atoms with van der Waals surface area (Å²) in [6.45, 7) is 0.236. The third-order valence-electron chi connectivity index (χ3n) is 3.47. The van der Waals surface area contributed by atoms with E-state index >= 15 is 0 Å². The largest absolute Gasteiger partial charge is 0.387 e. The second kappa shape index (κ2) is 5.07. The number of halogens is 1. The van der Waals surface area contributed by atoms with Gasteiger partial charge in [0.25, 0.3) is 0 Å². The van der Waals surface area contributed by atoms with Gasteiger partial charge in [0.2, 0.25) is 0 Å². The van der Waals surface area contributed by atoms with E-state index < -0.39 is 6.10 Å². The smallest absolute Gasteiger partial charge is 0.0912 e. The van der Waals surface area contributed by atoms with Crippen molar-refractivity contribution in [3.63, 3.8) is 0 Å². The Morgan fingerprint density at radius 3 is 2.63 bits per heavy atom. The fraction of sp³-hybridized carbons (Fsp3) is 0.357. The minimum absolute atomic E-state index is 0.236. The van der Waals surface area contributed by atoms with Gasteiger partial charge in [0, 0.05) is 12.5 Å². The Labute approximate surface area is 120 Å². The molecule has 1 aromatic carbocycles. The predicted molar refractivity (Wildman–Crippen MR) is 77.3 cm³/mol. The predicted octanol–water partition coefficient (Wildman–Crippen LogP) is 2.50. The molecule has 0 amide bonds. The summed E-state index contributed by atoms with van der Waals surface area (Å²) in [6, 6.07) is 7.75. The van der Waals surface area contributed by atoms with Gasteiger partial charge in [-0.3, -0.25) is 0 Å². The molecule has 3 N–H and O–H groups in total. The molecule has 0 bridgehead atoms. The molecule has 2 aromatic rings. The number of hydrogen-bond acceptors (Lipinski definition) is 3. The van der Waals surface area contributed by atoms with Crippen LogP contribution in [-0.2, 0) is 0 Å². The van der Waals surface area contributed by atoms with Crippen LogP contribution in [0.5, 0.6) is 0 Å². The van der Waals surface area contributed by atoms with Gasteiger partial charge >= 0.3 is 0 Å². The lowest BCUT2D eigenvalue weighted by atomic mass is 10.1. The summed E-state index contributed by atoms with van der Waals surface area (Å²) in [6.07, 6.45) is 3.71. The first-order valence-electron chi connectivity index (χ1n) is 6.42. The maximum absolute atomic E-state index is 9.69. The lowest BCUT2D eigenvalue weighted by molar-refractivity contribution is 0.187. The van der Waals surface area contributed by atoms with Crippen LogP contribution in [-0.4, -0.2) is 21.4 Å². The highest BCUT2D eigenvalue weighted by Gasteiger charge is 2.30. The van der Waals surface area contributed by atoms with Gasteiger partial charge in [-0.1, -0.05) is 12.1 Å². The van der Waals surface area contributed by atoms with Crippen molar-refractivity contribution in [3.05, 3.63) is 46.2 Å². The van der Waals surface area contributed by atoms with Crippen molar-refractivity contribution in [3.8, 4) is 5.69 Å². The average molecular weight is 322 g/mol. The maximum Gasteiger partial charge on any atom is 0.0912 e. The second-order valence-electron chi connectivity index (χ2n) is 4.91. The number of benzene rings is 1. The molecule has 5 heteroatoms. The molecular formula is C14H16BrN3O. The lowest BCUT2D eigenvalue weighted by Gasteiger charge is -2.11. The average Bonchev–Trinajstić information content (AvgIpc) is 3.21. The summed E-state index contributed by atoms with van der Waals surface area (Å²) >= 11 is 3.56. The first kappa shape index (κ1) is 12.8. The van der Waals surface area contributed by atoms with E-state index in [2.05, 4.69) is 21.0 Å². The third-order valence-corrected chi connectivity index (χ3v) is 4.08. The molecule has 1 unspecified atom stereocenters. The molecule has 3 rings (SSSR count). The molecule has 0 saturated heterocycles. The van der Waals surface area contributed by atoms with Gasteiger partial charge in [0.05, 0.1) is 28.2 Å². The van der Waals surface area contributed by atoms with Crippen LogP contribution in [0.4, 0.5) is 0 Å². The zero-order valence-electron chi connectivity index (χ0n) is 10.5. The first-order chi connectivity index (χ1) is 9.20. The normalized spacial score (nSPS) is 16.6. The summed E-state index contributed by atoms with van der Waals surface area (Å²) in [5.41, 5.74) is 8.55. The van der Waals surface area contributed by atoms with E-state index in [1.54, 1.807) is 0 Å². The molecule has 0 aliphatic heterocycles. The second-order valence-corrected chi connectivity index (χ2v) is 5.76. The summed E-state index contributed by atoms with van der Waals surface area (Å²) < 4.78 is 3.04. The topological polar surface area (TPSA) is 64.1 Å². The van der Waals surface area contributed by atoms with Crippen LogP contribution in [0.15, 0.2) is 34.9 Å². The van der Waals surface area contributed by atoms with Crippen LogP contribution in [0.3, 0.4) is 0 Å². The van der Waals surface area contributed by atoms with E-state index in [0.29, 0.717) is 5.92 Å². The number of nitrogens with zero attached hydrogens (tertiary/aromatic N) is 2. The Bertz CT molecular complexity index is 575. The molecule has 1 atom stereocenters. The van der Waals surface area contributed by atoms with Crippen LogP contribution in [0.1, 0.15) is 36.1 Å². The summed E-state index contributed by atoms with van der Waals surface area (Å²) in [5.74, 6) is 0.617. The molecule has 1 heterocycles. The van der Waals surface area contributed by atoms with Gasteiger partial charge in [-0.15, -0.1) is 0 Å². The van der Waals surface area contributed by atoms with Gasteiger partial charge in [0.1, 0.15) is 0 Å². The van der Waals surface area contributed by atoms with Crippen molar-refractivity contribution in [1.82, 2.24) is 9.78 Å². The van der Waals surface area contributed by atoms with Crippen molar-refractivity contribution in [2.24, 2.45) is 5.73 Å². The van der Waals surface area contributed by atoms with Crippen molar-refractivity contribution >= 4 is 15.9 Å². The fourth-order valence-electron chi connectivity index (χ4n) is 2.24. The molecular weight excluding hydrogens is 306 g/mol. The van der Waals surface area contributed by atoms with Gasteiger partial charge < -0.3 is 10.8 Å². The highest BCUT2D eigenvalue weighted by Crippen LogP contribution is 2.43. The molecule has 4 nitrogen and oxygen atoms in total. The van der Waals surface area contributed by atoms with Crippen LogP contribution in [0.2, 0.25) is 0 Å². The van der Waals surface area contributed by atoms with E-state index in [4.69, 9.17) is 5.73 Å². The number of rotatable bonds is 4. The summed E-state index contributed by atoms with van der Waals surface area (Å²) in [4.78, 5) is 0. The van der Waals surface area contributed by atoms with E-state index in [1.807, 2.05) is 35.1 Å². The molecule has 1 fully saturated rings. The minimum Gasteiger partial charge on any atom is -0.387 e. The standard InChI is InChI=1S/C14H16BrN3O/c15-12-8-17-18(14(12)10-1-2-10)11-5-3-9(4-6-11)13(19)7-16/h3-6,8,10,13,19H,1-2,7,16H2. The molecule has 1 saturated carbocycles. The van der Waals surface area contributed by atoms with Gasteiger partial charge in [-0.05, 0) is 46.5 Å². The number of aromatic nitrogens is 2. The molecule has 1 aromatic heterocycles. The highest BCUT2D eigenvalue weighted by molar-refractivity contribution is 9.10. The van der Waals surface area contributed by atoms with Crippen molar-refractivity contribution in [2.75, 3.05) is 6.54 Å². The Hall–Kier alpha value is -1.17. The first-order valence-corrected chi connectivity index (χ1v) is 7.22. The Kier molecular flexibility index (Phi) is 3.43. The molecule has 1 aliphatic rings. The number of aliphatic hydroxyl groups is 1. The summed E-state index contributed by atoms with van der Waals surface area (Å²) in [7, 11) is 0. The number of hydrogen-bond donors (Lipinski definition) is 2. The highest BCUT2D eigenvalue weighted by atomic mass is 79.9. The maximum atomic E-state index is 9.69. The summed E-state index contributed by atoms with van der Waals surface area (Å²) in [5, 5.41) is 14.1. The molecule has 100 valence electrons. The Balaban J connectivity index is 1.94. The monoisotopic (exact) mass is 321 g/mol. The zero-order valence-corrected chi connectivity index (χ0v) is 12.0. The van der Waals surface area contributed by atoms with Crippen molar-refractivity contribution in [1.29, 1.82) is 0 Å². The van der Waals surface area contributed by atoms with E-state index in [0.717, 1.165) is 15.7 Å². The van der Waals surface area contributed by atoms with Gasteiger partial charge in [-0.2, -0.15) is 5.10 Å². The Morgan fingerprint density at radius 1 is 1.37 bits per heavy atom. The van der Waals surface area contributed by atoms with E-state index in [9.17, 15) is 5.11 Å². The van der Waals surface area contributed by atoms with Crippen LogP contribution < -0.4 is 5.73 Å². The van der Waals surface area contributed by atoms with E-state index in [-0.39, 0.29) is 6.54 Å². The number of nitrogens with two attached hydrogens (primary N) is 1. The van der Waals surface area contributed by atoms with Crippen LogP contribution in [0.25, 0.3) is 5.69 Å². The molecule has 0 radical (unpaired) electrons. The zero-order chi connectivity index (χ0) is 13.4. The quantitative estimate of drug-likeness (QED) is 0.909. The van der Waals surface area contributed by atoms with Crippen LogP contribution >= 0.6 is 15.9 Å². The third kappa shape index (κ3) is 2.45. The van der Waals surface area contributed by atoms with E-state index in [1.165, 1.54) is 18.5 Å². The SMILES string of the molecule is NCC(O)c1ccc(-n2ncc(Br)c2C2CC2)cc1. The molecule has 0 spiro atoms. The van der Waals surface area contributed by atoms with Gasteiger partial charge in [-0.25, -0.2) is 4.68 Å². The van der Waals surface area contributed by atoms with Gasteiger partial charge in [0.15, 0.2) is 0 Å². The Morgan fingerprint density at radius 2 is 2.05 bits per heavy atom. The molecule has 1 aliphatic carbocycles. The van der Waals surface area contributed by atoms with Crippen molar-refractivity contribution < 1.29 is 5.11 Å². The van der Waals surface area contributed by atoms with Crippen molar-refractivity contribution in [2.45, 2.75) is 24.9 Å². The lowest BCUT2D eigenvalue weighted by Crippen LogP contribution is -2.11.